The SMILES string of the molecule is CC[C@@]1(O)C(=O)OCc2c1cc1n(c2=O)Cc2c-1nc1cc(F)c(C)c3c1c2C(NC(=O)CCCNC(=O)CNC(=O)[C@H](Cc1ccccc1)NC(=O)CNC(=O)CNC(=O)CCNC(=O)[C@H](CCC(=O)OC(C)(C)C)N1C(=O)C=CC1=O)CC3. The maximum absolute atomic E-state index is 15.4. The van der Waals surface area contributed by atoms with Crippen molar-refractivity contribution >= 4 is 76.0 Å². The van der Waals surface area contributed by atoms with E-state index in [9.17, 15) is 62.6 Å². The van der Waals surface area contributed by atoms with Crippen molar-refractivity contribution in [2.24, 2.45) is 0 Å². The lowest BCUT2D eigenvalue weighted by atomic mass is 9.81. The number of benzene rings is 2. The van der Waals surface area contributed by atoms with Crippen LogP contribution in [0.2, 0.25) is 0 Å². The lowest BCUT2D eigenvalue weighted by Crippen LogP contribution is -2.52. The van der Waals surface area contributed by atoms with E-state index in [4.69, 9.17) is 14.5 Å². The number of aryl methyl sites for hydroxylation is 1. The van der Waals surface area contributed by atoms with E-state index in [1.54, 1.807) is 71.0 Å². The molecule has 1 unspecified atom stereocenters. The molecule has 5 heterocycles. The summed E-state index contributed by atoms with van der Waals surface area (Å²) in [4.78, 5) is 161. The van der Waals surface area contributed by atoms with Crippen LogP contribution in [0.3, 0.4) is 0 Å². The zero-order valence-corrected chi connectivity index (χ0v) is 47.6. The molecule has 3 aliphatic heterocycles. The molecule has 0 bridgehead atoms. The number of fused-ring (bicyclic) bond motifs is 5. The highest BCUT2D eigenvalue weighted by molar-refractivity contribution is 6.15. The van der Waals surface area contributed by atoms with Crippen LogP contribution in [0.5, 0.6) is 0 Å². The quantitative estimate of drug-likeness (QED) is 0.0237. The van der Waals surface area contributed by atoms with E-state index >= 15 is 4.39 Å². The van der Waals surface area contributed by atoms with Gasteiger partial charge in [-0.1, -0.05) is 37.3 Å². The predicted octanol–water partition coefficient (Wildman–Crippen LogP) is 0.525. The van der Waals surface area contributed by atoms with Crippen molar-refractivity contribution in [3.05, 3.63) is 110 Å². The van der Waals surface area contributed by atoms with Crippen LogP contribution in [0.4, 0.5) is 4.39 Å². The number of cyclic esters (lactones) is 1. The highest BCUT2D eigenvalue weighted by atomic mass is 19.1. The van der Waals surface area contributed by atoms with Gasteiger partial charge in [0.05, 0.1) is 54.7 Å². The molecule has 9 amide bonds. The van der Waals surface area contributed by atoms with Crippen molar-refractivity contribution in [1.29, 1.82) is 0 Å². The molecule has 0 radical (unpaired) electrons. The summed E-state index contributed by atoms with van der Waals surface area (Å²) in [6.07, 6.45) is 2.09. The van der Waals surface area contributed by atoms with Gasteiger partial charge in [-0.15, -0.1) is 0 Å². The van der Waals surface area contributed by atoms with E-state index in [1.165, 1.54) is 10.6 Å². The van der Waals surface area contributed by atoms with E-state index in [0.29, 0.717) is 62.3 Å². The van der Waals surface area contributed by atoms with Gasteiger partial charge < -0.3 is 56.4 Å². The molecule has 8 rings (SSSR count). The Balaban J connectivity index is 0.787. The van der Waals surface area contributed by atoms with Gasteiger partial charge in [-0.05, 0) is 88.1 Å². The first-order chi connectivity index (χ1) is 40.4. The number of imide groups is 1. The van der Waals surface area contributed by atoms with Crippen molar-refractivity contribution in [2.75, 3.05) is 32.7 Å². The Hall–Kier alpha value is -9.20. The normalized spacial score (nSPS) is 17.1. The number of pyridine rings is 2. The number of nitrogens with one attached hydrogen (secondary N) is 7. The Bertz CT molecular complexity index is 3490. The van der Waals surface area contributed by atoms with Crippen molar-refractivity contribution in [3.8, 4) is 11.4 Å². The molecule has 25 nitrogen and oxygen atoms in total. The number of esters is 2. The number of aliphatic hydroxyl groups is 1. The molecule has 0 spiro atoms. The fraction of sp³-hybridized carbons (Fsp3) is 0.441. The van der Waals surface area contributed by atoms with Crippen LogP contribution in [0.15, 0.2) is 59.4 Å². The summed E-state index contributed by atoms with van der Waals surface area (Å²) in [5, 5.41) is 30.1. The van der Waals surface area contributed by atoms with Gasteiger partial charge in [-0.2, -0.15) is 0 Å². The molecule has 8 N–H and O–H groups in total. The summed E-state index contributed by atoms with van der Waals surface area (Å²) >= 11 is 0. The number of aromatic nitrogens is 2. The van der Waals surface area contributed by atoms with Gasteiger partial charge in [0.2, 0.25) is 41.4 Å². The number of hydrogen-bond donors (Lipinski definition) is 8. The summed E-state index contributed by atoms with van der Waals surface area (Å²) in [6.45, 7) is 6.12. The number of hydrogen-bond acceptors (Lipinski definition) is 16. The monoisotopic (exact) mass is 1170 g/mol. The molecule has 450 valence electrons. The molecule has 0 saturated heterocycles. The van der Waals surface area contributed by atoms with Crippen molar-refractivity contribution in [3.63, 3.8) is 0 Å². The van der Waals surface area contributed by atoms with Crippen LogP contribution in [0, 0.1) is 12.7 Å². The minimum atomic E-state index is -2.05. The van der Waals surface area contributed by atoms with E-state index in [2.05, 4.69) is 37.2 Å². The van der Waals surface area contributed by atoms with Crippen LogP contribution < -0.4 is 42.8 Å². The highest BCUT2D eigenvalue weighted by Gasteiger charge is 2.46. The fourth-order valence-electron chi connectivity index (χ4n) is 10.8. The molecule has 85 heavy (non-hydrogen) atoms. The average Bonchev–Trinajstić information content (AvgIpc) is 2.03. The van der Waals surface area contributed by atoms with Crippen LogP contribution in [0.1, 0.15) is 118 Å². The van der Waals surface area contributed by atoms with Crippen molar-refractivity contribution < 1.29 is 71.7 Å². The Morgan fingerprint density at radius 3 is 2.20 bits per heavy atom. The minimum Gasteiger partial charge on any atom is -0.460 e. The molecule has 1 aliphatic carbocycles. The van der Waals surface area contributed by atoms with Gasteiger partial charge in [-0.25, -0.2) is 14.2 Å². The topological polar surface area (TPSA) is 349 Å². The Kier molecular flexibility index (Phi) is 19.0. The third kappa shape index (κ3) is 14.2. The Morgan fingerprint density at radius 2 is 1.49 bits per heavy atom. The summed E-state index contributed by atoms with van der Waals surface area (Å²) in [7, 11) is 0. The summed E-state index contributed by atoms with van der Waals surface area (Å²) in [6, 6.07) is 8.43. The first kappa shape index (κ1) is 61.9. The summed E-state index contributed by atoms with van der Waals surface area (Å²) < 4.78 is 27.4. The van der Waals surface area contributed by atoms with Crippen LogP contribution in [-0.4, -0.2) is 135 Å². The van der Waals surface area contributed by atoms with Gasteiger partial charge in [0.1, 0.15) is 30.1 Å². The first-order valence-corrected chi connectivity index (χ1v) is 27.9. The Labute approximate surface area is 486 Å². The number of ether oxygens (including phenoxy) is 2. The zero-order chi connectivity index (χ0) is 61.5. The maximum Gasteiger partial charge on any atom is 0.343 e. The van der Waals surface area contributed by atoms with E-state index in [-0.39, 0.29) is 88.2 Å². The number of carbonyl (C=O) groups is 11. The molecule has 26 heteroatoms. The molecule has 0 fully saturated rings. The number of carbonyl (C=O) groups excluding carboxylic acids is 11. The lowest BCUT2D eigenvalue weighted by Gasteiger charge is -2.31. The second-order valence-electron chi connectivity index (χ2n) is 22.1. The second-order valence-corrected chi connectivity index (χ2v) is 22.1. The van der Waals surface area contributed by atoms with Gasteiger partial charge >= 0.3 is 11.9 Å². The molecular formula is C59H67FN10O15. The largest absolute Gasteiger partial charge is 0.460 e. The second kappa shape index (κ2) is 26.2. The van der Waals surface area contributed by atoms with E-state index in [0.717, 1.165) is 17.7 Å². The lowest BCUT2D eigenvalue weighted by molar-refractivity contribution is -0.172. The smallest absolute Gasteiger partial charge is 0.343 e. The molecule has 4 atom stereocenters. The molecule has 0 saturated carbocycles. The van der Waals surface area contributed by atoms with E-state index < -0.39 is 120 Å². The maximum atomic E-state index is 15.4. The predicted molar refractivity (Wildman–Crippen MR) is 299 cm³/mol. The summed E-state index contributed by atoms with van der Waals surface area (Å²) in [5.74, 6) is -8.15. The fourth-order valence-corrected chi connectivity index (χ4v) is 10.8. The van der Waals surface area contributed by atoms with Gasteiger partial charge in [0.15, 0.2) is 5.60 Å². The Morgan fingerprint density at radius 1 is 0.812 bits per heavy atom. The van der Waals surface area contributed by atoms with Gasteiger partial charge in [0.25, 0.3) is 17.4 Å². The van der Waals surface area contributed by atoms with E-state index in [1.807, 2.05) is 0 Å². The standard InChI is InChI=1S/C59H67FN10O15/c1-6-59(83)36-24-42-53-34(29-69(42)56(81)35(36)30-84-57(59)82)52-38(15-14-33-31(2)37(60)25-39(68-53)51(33)52)66-44(72)13-10-21-61-45(73)27-65-54(79)40(23-32-11-8-7-9-12-32)67-47(75)28-64-46(74)26-63-43(71)20-22-62-55(80)41(70-48(76)17-18-49(70)77)16-19-50(78)85-58(3,4)5/h7-9,11-12,17-18,24-25,38,40-41,83H,6,10,13-16,19-23,26-30H2,1-5H3,(H,61,73)(H,62,80)(H,63,71)(H,64,74)(H,65,79)(H,66,72)(H,67,75)/t38?,40-,41-,59-/m0/s1. The van der Waals surface area contributed by atoms with Gasteiger partial charge in [0, 0.05) is 73.5 Å². The van der Waals surface area contributed by atoms with Gasteiger partial charge in [-0.3, -0.25) is 57.6 Å². The van der Waals surface area contributed by atoms with Crippen molar-refractivity contribution in [2.45, 2.75) is 135 Å². The molecular weight excluding hydrogens is 1110 g/mol. The molecule has 2 aromatic heterocycles. The number of halogens is 1. The highest BCUT2D eigenvalue weighted by Crippen LogP contribution is 2.46. The number of rotatable bonds is 24. The van der Waals surface area contributed by atoms with Crippen LogP contribution in [0.25, 0.3) is 22.3 Å². The summed E-state index contributed by atoms with van der Waals surface area (Å²) in [5.41, 5.74) is 1.15. The molecule has 2 aromatic carbocycles. The van der Waals surface area contributed by atoms with Crippen LogP contribution >= 0.6 is 0 Å². The third-order valence-electron chi connectivity index (χ3n) is 15.0. The molecule has 4 aromatic rings. The van der Waals surface area contributed by atoms with Crippen molar-refractivity contribution in [1.82, 2.24) is 51.7 Å². The first-order valence-electron chi connectivity index (χ1n) is 27.9. The zero-order valence-electron chi connectivity index (χ0n) is 47.6. The number of nitrogens with zero attached hydrogens (tertiary/aromatic N) is 3. The number of amides is 9. The minimum absolute atomic E-state index is 0.00676. The third-order valence-corrected chi connectivity index (χ3v) is 15.0. The average molecular weight is 1180 g/mol. The molecule has 4 aliphatic rings. The van der Waals surface area contributed by atoms with Crippen LogP contribution in [-0.2, 0) is 93.8 Å².